The van der Waals surface area contributed by atoms with Crippen molar-refractivity contribution in [2.75, 3.05) is 33.3 Å². The van der Waals surface area contributed by atoms with Crippen LogP contribution in [0, 0.1) is 0 Å². The van der Waals surface area contributed by atoms with Crippen LogP contribution < -0.4 is 5.32 Å². The van der Waals surface area contributed by atoms with Crippen LogP contribution in [0.25, 0.3) is 0 Å². The van der Waals surface area contributed by atoms with Gasteiger partial charge in [0, 0.05) is 35.1 Å². The van der Waals surface area contributed by atoms with Crippen LogP contribution in [-0.4, -0.2) is 44.2 Å². The molecule has 1 aromatic carbocycles. The number of esters is 1. The maximum atomic E-state index is 12.1. The molecule has 0 saturated carbocycles. The molecule has 4 nitrogen and oxygen atoms in total. The summed E-state index contributed by atoms with van der Waals surface area (Å²) in [5, 5.41) is 3.29. The van der Waals surface area contributed by atoms with Gasteiger partial charge in [-0.05, 0) is 49.6 Å². The highest BCUT2D eigenvalue weighted by Gasteiger charge is 2.29. The van der Waals surface area contributed by atoms with Gasteiger partial charge in [-0.15, -0.1) is 0 Å². The third kappa shape index (κ3) is 3.56. The number of hydrogen-bond acceptors (Lipinski definition) is 4. The molecule has 0 bridgehead atoms. The lowest BCUT2D eigenvalue weighted by Crippen LogP contribution is -2.47. The first kappa shape index (κ1) is 15.0. The van der Waals surface area contributed by atoms with E-state index in [1.54, 1.807) is 0 Å². The van der Waals surface area contributed by atoms with Crippen molar-refractivity contribution in [3.05, 3.63) is 32.7 Å². The average molecular weight is 392 g/mol. The summed E-state index contributed by atoms with van der Waals surface area (Å²) in [7, 11) is 1.44. The fourth-order valence-corrected chi connectivity index (χ4v) is 2.87. The van der Waals surface area contributed by atoms with E-state index in [4.69, 9.17) is 4.74 Å². The molecule has 1 N–H and O–H groups in total. The fourth-order valence-electron chi connectivity index (χ4n) is 2.23. The minimum atomic E-state index is -0.337. The summed E-state index contributed by atoms with van der Waals surface area (Å²) in [5.41, 5.74) is 0.948. The summed E-state index contributed by atoms with van der Waals surface area (Å²) in [4.78, 5) is 14.2. The van der Waals surface area contributed by atoms with Gasteiger partial charge in [-0.1, -0.05) is 6.07 Å². The lowest BCUT2D eigenvalue weighted by atomic mass is 10.0. The van der Waals surface area contributed by atoms with Gasteiger partial charge < -0.3 is 10.1 Å². The van der Waals surface area contributed by atoms with Crippen molar-refractivity contribution in [3.63, 3.8) is 0 Å². The highest BCUT2D eigenvalue weighted by Crippen LogP contribution is 2.29. The molecule has 0 aromatic heterocycles. The van der Waals surface area contributed by atoms with Gasteiger partial charge in [-0.2, -0.15) is 0 Å². The molecule has 1 atom stereocenters. The fraction of sp³-hybridized carbons (Fsp3) is 0.462. The zero-order valence-electron chi connectivity index (χ0n) is 10.7. The van der Waals surface area contributed by atoms with Gasteiger partial charge in [0.2, 0.25) is 0 Å². The molecule has 0 amide bonds. The lowest BCUT2D eigenvalue weighted by Gasteiger charge is -2.33. The highest BCUT2D eigenvalue weighted by atomic mass is 79.9. The minimum absolute atomic E-state index is 0.212. The molecule has 1 aliphatic rings. The molecule has 1 unspecified atom stereocenters. The molecule has 0 spiro atoms. The van der Waals surface area contributed by atoms with Crippen molar-refractivity contribution in [2.45, 2.75) is 6.04 Å². The van der Waals surface area contributed by atoms with Crippen LogP contribution in [0.15, 0.2) is 27.1 Å². The summed E-state index contributed by atoms with van der Waals surface area (Å²) in [6.07, 6.45) is 0. The molecular formula is C13H16Br2N2O2. The number of rotatable bonds is 3. The number of halogens is 2. The molecule has 1 saturated heterocycles. The smallest absolute Gasteiger partial charge is 0.327 e. The van der Waals surface area contributed by atoms with Crippen LogP contribution >= 0.6 is 31.9 Å². The molecule has 104 valence electrons. The Balaban J connectivity index is 2.30. The lowest BCUT2D eigenvalue weighted by molar-refractivity contribution is -0.147. The van der Waals surface area contributed by atoms with E-state index in [0.29, 0.717) is 0 Å². The standard InChI is InChI=1S/C13H16Br2N2O2/c1-19-13(18)12(17-6-4-16-5-7-17)9-2-3-10(14)11(15)8-9/h2-3,8,12,16H,4-7H2,1H3. The predicted octanol–water partition coefficient (Wildman–Crippen LogP) is 2.33. The zero-order chi connectivity index (χ0) is 13.8. The Morgan fingerprint density at radius 2 is 2.00 bits per heavy atom. The van der Waals surface area contributed by atoms with Crippen molar-refractivity contribution in [1.82, 2.24) is 10.2 Å². The summed E-state index contributed by atoms with van der Waals surface area (Å²) in [6.45, 7) is 3.47. The van der Waals surface area contributed by atoms with Crippen LogP contribution in [0.1, 0.15) is 11.6 Å². The van der Waals surface area contributed by atoms with E-state index in [0.717, 1.165) is 40.7 Å². The maximum Gasteiger partial charge on any atom is 0.327 e. The van der Waals surface area contributed by atoms with Crippen molar-refractivity contribution in [2.24, 2.45) is 0 Å². The van der Waals surface area contributed by atoms with E-state index in [1.807, 2.05) is 18.2 Å². The molecule has 1 aromatic rings. The molecule has 0 aliphatic carbocycles. The molecule has 6 heteroatoms. The summed E-state index contributed by atoms with van der Waals surface area (Å²) in [6, 6.07) is 5.53. The summed E-state index contributed by atoms with van der Waals surface area (Å²) >= 11 is 6.92. The highest BCUT2D eigenvalue weighted by molar-refractivity contribution is 9.13. The topological polar surface area (TPSA) is 41.6 Å². The van der Waals surface area contributed by atoms with Gasteiger partial charge in [0.05, 0.1) is 7.11 Å². The number of piperazine rings is 1. The van der Waals surface area contributed by atoms with Crippen LogP contribution in [0.5, 0.6) is 0 Å². The number of benzene rings is 1. The first-order chi connectivity index (χ1) is 9.13. The van der Waals surface area contributed by atoms with Crippen molar-refractivity contribution >= 4 is 37.8 Å². The third-order valence-corrected chi connectivity index (χ3v) is 5.08. The Bertz CT molecular complexity index is 462. The van der Waals surface area contributed by atoms with E-state index in [9.17, 15) is 4.79 Å². The number of methoxy groups -OCH3 is 1. The second-order valence-electron chi connectivity index (χ2n) is 4.39. The Hall–Kier alpha value is -0.430. The predicted molar refractivity (Wildman–Crippen MR) is 81.0 cm³/mol. The molecule has 19 heavy (non-hydrogen) atoms. The molecule has 0 radical (unpaired) electrons. The first-order valence-electron chi connectivity index (χ1n) is 6.11. The summed E-state index contributed by atoms with van der Waals surface area (Å²) < 4.78 is 6.87. The van der Waals surface area contributed by atoms with Crippen LogP contribution in [-0.2, 0) is 9.53 Å². The molecule has 1 fully saturated rings. The molecule has 2 rings (SSSR count). The number of nitrogens with one attached hydrogen (secondary N) is 1. The van der Waals surface area contributed by atoms with E-state index < -0.39 is 0 Å². The van der Waals surface area contributed by atoms with Crippen LogP contribution in [0.2, 0.25) is 0 Å². The van der Waals surface area contributed by atoms with Gasteiger partial charge >= 0.3 is 5.97 Å². The largest absolute Gasteiger partial charge is 0.468 e. The first-order valence-corrected chi connectivity index (χ1v) is 7.69. The second-order valence-corrected chi connectivity index (χ2v) is 6.09. The average Bonchev–Trinajstić information content (AvgIpc) is 2.44. The van der Waals surface area contributed by atoms with Crippen LogP contribution in [0.3, 0.4) is 0 Å². The Morgan fingerprint density at radius 3 is 2.58 bits per heavy atom. The van der Waals surface area contributed by atoms with E-state index >= 15 is 0 Å². The van der Waals surface area contributed by atoms with E-state index in [1.165, 1.54) is 7.11 Å². The van der Waals surface area contributed by atoms with Gasteiger partial charge in [0.1, 0.15) is 6.04 Å². The molecule has 1 aliphatic heterocycles. The second kappa shape index (κ2) is 6.83. The normalized spacial score (nSPS) is 18.1. The number of carbonyl (C=O) groups excluding carboxylic acids is 1. The van der Waals surface area contributed by atoms with Gasteiger partial charge in [0.15, 0.2) is 0 Å². The van der Waals surface area contributed by atoms with E-state index in [2.05, 4.69) is 42.1 Å². The summed E-state index contributed by atoms with van der Waals surface area (Å²) in [5.74, 6) is -0.212. The van der Waals surface area contributed by atoms with Gasteiger partial charge in [0.25, 0.3) is 0 Å². The minimum Gasteiger partial charge on any atom is -0.468 e. The molecule has 1 heterocycles. The van der Waals surface area contributed by atoms with Gasteiger partial charge in [-0.25, -0.2) is 4.79 Å². The Kier molecular flexibility index (Phi) is 5.38. The number of ether oxygens (including phenoxy) is 1. The van der Waals surface area contributed by atoms with Crippen molar-refractivity contribution < 1.29 is 9.53 Å². The molecular weight excluding hydrogens is 376 g/mol. The van der Waals surface area contributed by atoms with Crippen molar-refractivity contribution in [3.8, 4) is 0 Å². The monoisotopic (exact) mass is 390 g/mol. The van der Waals surface area contributed by atoms with E-state index in [-0.39, 0.29) is 12.0 Å². The number of hydrogen-bond donors (Lipinski definition) is 1. The quantitative estimate of drug-likeness (QED) is 0.803. The Labute approximate surface area is 129 Å². The zero-order valence-corrected chi connectivity index (χ0v) is 13.8. The number of carbonyl (C=O) groups is 1. The number of nitrogens with zero attached hydrogens (tertiary/aromatic N) is 1. The maximum absolute atomic E-state index is 12.1. The third-order valence-electron chi connectivity index (χ3n) is 3.20. The Morgan fingerprint density at radius 1 is 1.32 bits per heavy atom. The SMILES string of the molecule is COC(=O)C(c1ccc(Br)c(Br)c1)N1CCNCC1. The van der Waals surface area contributed by atoms with Crippen LogP contribution in [0.4, 0.5) is 0 Å². The van der Waals surface area contributed by atoms with Gasteiger partial charge in [-0.3, -0.25) is 4.90 Å². The van der Waals surface area contributed by atoms with Crippen molar-refractivity contribution in [1.29, 1.82) is 0 Å².